The van der Waals surface area contributed by atoms with E-state index in [4.69, 9.17) is 4.42 Å². The highest BCUT2D eigenvalue weighted by atomic mass is 16.3. The highest BCUT2D eigenvalue weighted by molar-refractivity contribution is 6.19. The Morgan fingerprint density at radius 1 is 0.500 bits per heavy atom. The van der Waals surface area contributed by atoms with Crippen molar-refractivity contribution >= 4 is 43.5 Å². The Morgan fingerprint density at radius 2 is 1.04 bits per heavy atom. The zero-order valence-corrected chi connectivity index (χ0v) is 15.6. The van der Waals surface area contributed by atoms with E-state index >= 15 is 0 Å². The van der Waals surface area contributed by atoms with E-state index in [0.717, 1.165) is 16.7 Å². The second kappa shape index (κ2) is 5.71. The van der Waals surface area contributed by atoms with Crippen LogP contribution in [0.1, 0.15) is 5.56 Å². The van der Waals surface area contributed by atoms with Crippen LogP contribution in [0.2, 0.25) is 0 Å². The van der Waals surface area contributed by atoms with Gasteiger partial charge < -0.3 is 4.42 Å². The maximum atomic E-state index is 6.37. The van der Waals surface area contributed by atoms with Crippen LogP contribution >= 0.6 is 0 Å². The fourth-order valence-corrected chi connectivity index (χ4v) is 4.58. The lowest BCUT2D eigenvalue weighted by Crippen LogP contribution is -1.89. The van der Waals surface area contributed by atoms with E-state index < -0.39 is 0 Å². The molecule has 5 aromatic carbocycles. The lowest BCUT2D eigenvalue weighted by atomic mass is 9.88. The summed E-state index contributed by atoms with van der Waals surface area (Å²) in [5.74, 6) is 0. The third kappa shape index (κ3) is 2.02. The van der Waals surface area contributed by atoms with Crippen LogP contribution in [0.25, 0.3) is 54.6 Å². The first-order valence-corrected chi connectivity index (χ1v) is 9.63. The molecule has 0 bridgehead atoms. The lowest BCUT2D eigenvalue weighted by Gasteiger charge is -2.15. The predicted molar refractivity (Wildman–Crippen MR) is 119 cm³/mol. The number of hydrogen-bond donors (Lipinski definition) is 0. The van der Waals surface area contributed by atoms with Gasteiger partial charge in [-0.15, -0.1) is 0 Å². The van der Waals surface area contributed by atoms with Gasteiger partial charge in [0.1, 0.15) is 11.2 Å². The monoisotopic (exact) mass is 358 g/mol. The molecule has 6 rings (SSSR count). The number of para-hydroxylation sites is 2. The first kappa shape index (κ1) is 15.5. The Bertz CT molecular complexity index is 1460. The van der Waals surface area contributed by atoms with Crippen molar-refractivity contribution in [2.45, 2.75) is 6.92 Å². The van der Waals surface area contributed by atoms with Crippen LogP contribution in [0.15, 0.2) is 95.4 Å². The van der Waals surface area contributed by atoms with Crippen molar-refractivity contribution in [3.8, 4) is 11.1 Å². The van der Waals surface area contributed by atoms with Gasteiger partial charge in [-0.25, -0.2) is 0 Å². The summed E-state index contributed by atoms with van der Waals surface area (Å²) in [6, 6.07) is 32.2. The minimum absolute atomic E-state index is 0.936. The van der Waals surface area contributed by atoms with E-state index in [-0.39, 0.29) is 0 Å². The average Bonchev–Trinajstić information content (AvgIpc) is 3.14. The van der Waals surface area contributed by atoms with Gasteiger partial charge in [0.2, 0.25) is 0 Å². The zero-order valence-electron chi connectivity index (χ0n) is 15.6. The number of furan rings is 1. The van der Waals surface area contributed by atoms with Gasteiger partial charge in [-0.3, -0.25) is 0 Å². The van der Waals surface area contributed by atoms with Crippen LogP contribution in [0.4, 0.5) is 0 Å². The van der Waals surface area contributed by atoms with Crippen molar-refractivity contribution in [1.82, 2.24) is 0 Å². The molecule has 1 aromatic heterocycles. The zero-order chi connectivity index (χ0) is 18.7. The average molecular weight is 358 g/mol. The molecule has 0 radical (unpaired) electrons. The third-order valence-corrected chi connectivity index (χ3v) is 5.87. The molecule has 0 aliphatic rings. The van der Waals surface area contributed by atoms with Crippen molar-refractivity contribution < 1.29 is 4.42 Å². The summed E-state index contributed by atoms with van der Waals surface area (Å²) in [4.78, 5) is 0. The molecule has 28 heavy (non-hydrogen) atoms. The Hall–Kier alpha value is -3.58. The molecule has 1 nitrogen and oxygen atoms in total. The van der Waals surface area contributed by atoms with Crippen LogP contribution in [-0.4, -0.2) is 0 Å². The number of aryl methyl sites for hydroxylation is 1. The molecule has 132 valence electrons. The summed E-state index contributed by atoms with van der Waals surface area (Å²) in [6.45, 7) is 2.22. The van der Waals surface area contributed by atoms with Gasteiger partial charge in [0.15, 0.2) is 0 Å². The van der Waals surface area contributed by atoms with E-state index in [0.29, 0.717) is 0 Å². The molecule has 0 fully saturated rings. The van der Waals surface area contributed by atoms with Crippen molar-refractivity contribution in [1.29, 1.82) is 0 Å². The van der Waals surface area contributed by atoms with Gasteiger partial charge >= 0.3 is 0 Å². The molecule has 0 aliphatic heterocycles. The highest BCUT2D eigenvalue weighted by Crippen LogP contribution is 2.43. The largest absolute Gasteiger partial charge is 0.455 e. The smallest absolute Gasteiger partial charge is 0.143 e. The molecule has 0 atom stereocenters. The molecular weight excluding hydrogens is 340 g/mol. The molecular formula is C27H18O. The molecule has 0 unspecified atom stereocenters. The van der Waals surface area contributed by atoms with Crippen LogP contribution in [0.3, 0.4) is 0 Å². The predicted octanol–water partition coefficient (Wildman–Crippen LogP) is 7.87. The second-order valence-electron chi connectivity index (χ2n) is 7.37. The number of hydrogen-bond acceptors (Lipinski definition) is 1. The van der Waals surface area contributed by atoms with Crippen LogP contribution in [-0.2, 0) is 0 Å². The van der Waals surface area contributed by atoms with Crippen molar-refractivity contribution in [2.24, 2.45) is 0 Å². The normalized spacial score (nSPS) is 11.8. The fourth-order valence-electron chi connectivity index (χ4n) is 4.58. The first-order valence-electron chi connectivity index (χ1n) is 9.63. The van der Waals surface area contributed by atoms with E-state index in [9.17, 15) is 0 Å². The quantitative estimate of drug-likeness (QED) is 0.273. The summed E-state index contributed by atoms with van der Waals surface area (Å²) in [5, 5.41) is 7.47. The van der Waals surface area contributed by atoms with Crippen LogP contribution in [0.5, 0.6) is 0 Å². The molecule has 0 amide bonds. The summed E-state index contributed by atoms with van der Waals surface area (Å²) < 4.78 is 6.37. The van der Waals surface area contributed by atoms with Crippen molar-refractivity contribution in [2.75, 3.05) is 0 Å². The summed E-state index contributed by atoms with van der Waals surface area (Å²) in [7, 11) is 0. The number of rotatable bonds is 1. The molecule has 6 aromatic rings. The lowest BCUT2D eigenvalue weighted by molar-refractivity contribution is 0.670. The Kier molecular flexibility index (Phi) is 3.15. The number of benzene rings is 5. The minimum Gasteiger partial charge on any atom is -0.455 e. The van der Waals surface area contributed by atoms with Crippen molar-refractivity contribution in [3.05, 3.63) is 96.6 Å². The number of fused-ring (bicyclic) bond motifs is 5. The summed E-state index contributed by atoms with van der Waals surface area (Å²) >= 11 is 0. The third-order valence-electron chi connectivity index (χ3n) is 5.87. The van der Waals surface area contributed by atoms with Gasteiger partial charge in [-0.2, -0.15) is 0 Å². The summed E-state index contributed by atoms with van der Waals surface area (Å²) in [6.07, 6.45) is 0. The van der Waals surface area contributed by atoms with Gasteiger partial charge in [-0.1, -0.05) is 84.9 Å². The van der Waals surface area contributed by atoms with Gasteiger partial charge in [-0.05, 0) is 40.1 Å². The maximum absolute atomic E-state index is 6.37. The van der Waals surface area contributed by atoms with Crippen LogP contribution < -0.4 is 0 Å². The molecule has 1 heterocycles. The molecule has 0 N–H and O–H groups in total. The van der Waals surface area contributed by atoms with Gasteiger partial charge in [0, 0.05) is 21.9 Å². The highest BCUT2D eigenvalue weighted by Gasteiger charge is 2.17. The summed E-state index contributed by atoms with van der Waals surface area (Å²) in [5.41, 5.74) is 5.63. The first-order chi connectivity index (χ1) is 13.8. The fraction of sp³-hybridized carbons (Fsp3) is 0.0370. The Labute approximate surface area is 162 Å². The van der Waals surface area contributed by atoms with Crippen molar-refractivity contribution in [3.63, 3.8) is 0 Å². The van der Waals surface area contributed by atoms with Gasteiger partial charge in [0.05, 0.1) is 0 Å². The van der Waals surface area contributed by atoms with Gasteiger partial charge in [0.25, 0.3) is 0 Å². The van der Waals surface area contributed by atoms with E-state index in [1.807, 2.05) is 12.1 Å². The second-order valence-corrected chi connectivity index (χ2v) is 7.37. The van der Waals surface area contributed by atoms with E-state index in [2.05, 4.69) is 85.8 Å². The topological polar surface area (TPSA) is 13.1 Å². The minimum atomic E-state index is 0.936. The molecule has 0 aliphatic carbocycles. The van der Waals surface area contributed by atoms with E-state index in [1.165, 1.54) is 43.4 Å². The maximum Gasteiger partial charge on any atom is 0.143 e. The Morgan fingerprint density at radius 3 is 1.71 bits per heavy atom. The van der Waals surface area contributed by atoms with E-state index in [1.54, 1.807) is 0 Å². The Balaban J connectivity index is 1.86. The molecule has 0 saturated carbocycles. The molecule has 0 spiro atoms. The standard InChI is InChI=1S/C27H18O/c1-17-18-9-2-4-12-21(18)26(22-13-5-3-10-19(17)22)24-15-8-14-23-20-11-6-7-16-25(20)28-27(23)24/h2-16H,1H3. The molecule has 1 heteroatoms. The molecule has 0 saturated heterocycles. The van der Waals surface area contributed by atoms with Crippen LogP contribution in [0, 0.1) is 6.92 Å². The SMILES string of the molecule is Cc1c2ccccc2c(-c2cccc3c2oc2ccccc23)c2ccccc12.